The first-order chi connectivity index (χ1) is 24.3. The fourth-order valence-electron chi connectivity index (χ4n) is 8.89. The van der Waals surface area contributed by atoms with Crippen LogP contribution in [0.3, 0.4) is 0 Å². The summed E-state index contributed by atoms with van der Waals surface area (Å²) in [5, 5.41) is 15.5. The van der Waals surface area contributed by atoms with E-state index in [9.17, 15) is 10.1 Å². The number of ether oxygens (including phenoxy) is 2. The molecule has 2 saturated heterocycles. The zero-order valence-electron chi connectivity index (χ0n) is 31.1. The molecule has 13 heteroatoms. The van der Waals surface area contributed by atoms with Crippen molar-refractivity contribution in [3.05, 3.63) is 33.4 Å². The number of likely N-dealkylation sites (tertiary alicyclic amines) is 1. The van der Waals surface area contributed by atoms with Crippen LogP contribution in [-0.2, 0) is 23.0 Å². The summed E-state index contributed by atoms with van der Waals surface area (Å²) in [6.07, 6.45) is 7.24. The number of hydrogen-bond acceptors (Lipinski definition) is 12. The normalized spacial score (nSPS) is 24.4. The third-order valence-corrected chi connectivity index (χ3v) is 12.4. The Hall–Kier alpha value is -3.89. The Kier molecular flexibility index (Phi) is 9.46. The second kappa shape index (κ2) is 13.6. The van der Waals surface area contributed by atoms with Crippen molar-refractivity contribution in [1.82, 2.24) is 24.9 Å². The van der Waals surface area contributed by atoms with E-state index in [-0.39, 0.29) is 24.2 Å². The second-order valence-electron chi connectivity index (χ2n) is 16.2. The zero-order valence-corrected chi connectivity index (χ0v) is 31.9. The maximum atomic E-state index is 13.3. The number of thiophene rings is 1. The van der Waals surface area contributed by atoms with Crippen molar-refractivity contribution in [3.63, 3.8) is 0 Å². The summed E-state index contributed by atoms with van der Waals surface area (Å²) < 4.78 is 18.8. The predicted molar refractivity (Wildman–Crippen MR) is 197 cm³/mol. The highest BCUT2D eigenvalue weighted by Gasteiger charge is 2.49. The molecule has 2 N–H and O–H groups in total. The molecular weight excluding hydrogens is 665 g/mol. The first-order valence-corrected chi connectivity index (χ1v) is 19.4. The van der Waals surface area contributed by atoms with Crippen molar-refractivity contribution in [2.75, 3.05) is 43.9 Å². The van der Waals surface area contributed by atoms with E-state index in [1.165, 1.54) is 16.2 Å². The molecule has 4 aliphatic rings. The second-order valence-corrected chi connectivity index (χ2v) is 17.3. The first-order valence-electron chi connectivity index (χ1n) is 18.6. The number of nitriles is 1. The molecule has 7 rings (SSSR count). The number of aryl methyl sites for hydroxylation is 1. The quantitative estimate of drug-likeness (QED) is 0.296. The lowest BCUT2D eigenvalue weighted by Crippen LogP contribution is -2.58. The Labute approximate surface area is 305 Å². The minimum atomic E-state index is -0.575. The highest BCUT2D eigenvalue weighted by atomic mass is 32.1. The Morgan fingerprint density at radius 3 is 2.57 bits per heavy atom. The number of hydrogen-bond donors (Lipinski definition) is 1. The standard InChI is InChI=1S/C38H52N8O4S/c1-22(2)27-21-45(17-18-46(27)36(47)49-37(4,5)6)29-19-30(48-23(3)26-12-10-16-44(26)7)42-35(41-29)32-24-11-8-14-38(33(24)50-43-32)15-9-13-28-31(38)25(20-39)34(40)51-28/h19,22-23,26-27H,8-18,21,40H2,1-7H3/t23-,26-,27?,38-/m0/s1. The number of amides is 1. The van der Waals surface area contributed by atoms with Gasteiger partial charge in [0.15, 0.2) is 17.3 Å². The SMILES string of the molecule is CC(C)C1CN(c2cc(O[C@@H](C)[C@@H]3CCCN3C)nc(-c3noc4c3CCC[C@@]43CCCc4sc(N)c(C#N)c43)n2)CCN1C(=O)OC(C)(C)C. The van der Waals surface area contributed by atoms with Crippen LogP contribution in [-0.4, -0.2) is 88.0 Å². The van der Waals surface area contributed by atoms with Gasteiger partial charge in [-0.15, -0.1) is 11.3 Å². The van der Waals surface area contributed by atoms with E-state index in [2.05, 4.69) is 43.7 Å². The lowest BCUT2D eigenvalue weighted by Gasteiger charge is -2.44. The van der Waals surface area contributed by atoms with Gasteiger partial charge >= 0.3 is 6.09 Å². The maximum Gasteiger partial charge on any atom is 0.410 e. The lowest BCUT2D eigenvalue weighted by atomic mass is 9.63. The van der Waals surface area contributed by atoms with E-state index in [0.29, 0.717) is 53.6 Å². The molecule has 2 aliphatic carbocycles. The summed E-state index contributed by atoms with van der Waals surface area (Å²) in [6.45, 7) is 14.8. The van der Waals surface area contributed by atoms with Crippen LogP contribution in [0.25, 0.3) is 11.5 Å². The summed E-state index contributed by atoms with van der Waals surface area (Å²) in [4.78, 5) is 31.1. The van der Waals surface area contributed by atoms with Crippen LogP contribution in [0, 0.1) is 17.2 Å². The fourth-order valence-corrected chi connectivity index (χ4v) is 10.1. The number of aromatic nitrogens is 3. The summed E-state index contributed by atoms with van der Waals surface area (Å²) in [7, 11) is 2.15. The number of nitrogens with two attached hydrogens (primary N) is 1. The summed E-state index contributed by atoms with van der Waals surface area (Å²) in [5.74, 6) is 2.71. The molecule has 0 radical (unpaired) electrons. The molecule has 1 amide bonds. The average molecular weight is 717 g/mol. The molecule has 0 bridgehead atoms. The van der Waals surface area contributed by atoms with Crippen molar-refractivity contribution >= 4 is 28.2 Å². The molecule has 274 valence electrons. The van der Waals surface area contributed by atoms with Crippen molar-refractivity contribution in [2.45, 2.75) is 122 Å². The number of nitrogens with zero attached hydrogens (tertiary/aromatic N) is 7. The number of piperazine rings is 1. The van der Waals surface area contributed by atoms with Gasteiger partial charge < -0.3 is 29.5 Å². The van der Waals surface area contributed by atoms with Crippen LogP contribution < -0.4 is 15.4 Å². The van der Waals surface area contributed by atoms with Crippen molar-refractivity contribution in [3.8, 4) is 23.5 Å². The average Bonchev–Trinajstić information content (AvgIpc) is 3.80. The van der Waals surface area contributed by atoms with Gasteiger partial charge in [-0.05, 0) is 104 Å². The fraction of sp³-hybridized carbons (Fsp3) is 0.658. The summed E-state index contributed by atoms with van der Waals surface area (Å²) in [5.41, 5.74) is 8.64. The van der Waals surface area contributed by atoms with Gasteiger partial charge in [0.2, 0.25) is 5.88 Å². The molecule has 2 aliphatic heterocycles. The minimum Gasteiger partial charge on any atom is -0.473 e. The van der Waals surface area contributed by atoms with Crippen LogP contribution in [0.5, 0.6) is 5.88 Å². The largest absolute Gasteiger partial charge is 0.473 e. The zero-order chi connectivity index (χ0) is 36.2. The number of rotatable bonds is 6. The smallest absolute Gasteiger partial charge is 0.410 e. The molecule has 1 spiro atoms. The Morgan fingerprint density at radius 2 is 1.88 bits per heavy atom. The van der Waals surface area contributed by atoms with Crippen LogP contribution >= 0.6 is 11.3 Å². The van der Waals surface area contributed by atoms with E-state index in [1.54, 1.807) is 0 Å². The molecule has 12 nitrogen and oxygen atoms in total. The molecule has 0 aromatic carbocycles. The Morgan fingerprint density at radius 1 is 1.12 bits per heavy atom. The molecule has 51 heavy (non-hydrogen) atoms. The van der Waals surface area contributed by atoms with Gasteiger partial charge in [-0.1, -0.05) is 19.0 Å². The number of fused-ring (bicyclic) bond motifs is 4. The minimum absolute atomic E-state index is 0.0741. The van der Waals surface area contributed by atoms with E-state index in [4.69, 9.17) is 34.9 Å². The van der Waals surface area contributed by atoms with E-state index in [0.717, 1.165) is 80.6 Å². The first kappa shape index (κ1) is 35.5. The molecule has 4 atom stereocenters. The highest BCUT2D eigenvalue weighted by molar-refractivity contribution is 7.16. The van der Waals surface area contributed by atoms with Gasteiger partial charge in [0.1, 0.15) is 28.6 Å². The van der Waals surface area contributed by atoms with E-state index >= 15 is 0 Å². The van der Waals surface area contributed by atoms with Gasteiger partial charge in [-0.2, -0.15) is 10.2 Å². The molecular formula is C38H52N8O4S. The predicted octanol–water partition coefficient (Wildman–Crippen LogP) is 6.55. The van der Waals surface area contributed by atoms with Crippen LogP contribution in [0.2, 0.25) is 0 Å². The summed E-state index contributed by atoms with van der Waals surface area (Å²) in [6, 6.07) is 4.57. The molecule has 1 unspecified atom stereocenters. The van der Waals surface area contributed by atoms with Gasteiger partial charge in [0, 0.05) is 42.2 Å². The third-order valence-electron chi connectivity index (χ3n) is 11.3. The molecule has 3 aromatic rings. The lowest BCUT2D eigenvalue weighted by molar-refractivity contribution is 0.00876. The van der Waals surface area contributed by atoms with Gasteiger partial charge in [0.05, 0.1) is 17.0 Å². The monoisotopic (exact) mass is 716 g/mol. The number of nitrogen functional groups attached to an aromatic ring is 1. The van der Waals surface area contributed by atoms with Gasteiger partial charge in [-0.25, -0.2) is 9.78 Å². The maximum absolute atomic E-state index is 13.3. The Bertz CT molecular complexity index is 1820. The summed E-state index contributed by atoms with van der Waals surface area (Å²) >= 11 is 1.54. The van der Waals surface area contributed by atoms with Crippen molar-refractivity contribution < 1.29 is 18.8 Å². The van der Waals surface area contributed by atoms with E-state index < -0.39 is 11.0 Å². The number of likely N-dealkylation sites (N-methyl/N-ethyl adjacent to an activating group) is 1. The highest BCUT2D eigenvalue weighted by Crippen LogP contribution is 2.55. The molecule has 2 fully saturated rings. The number of carbonyl (C=O) groups is 1. The van der Waals surface area contributed by atoms with E-state index in [1.807, 2.05) is 31.7 Å². The molecule has 3 aromatic heterocycles. The Balaban J connectivity index is 1.27. The number of anilines is 2. The van der Waals surface area contributed by atoms with Crippen LogP contribution in [0.1, 0.15) is 107 Å². The molecule has 0 saturated carbocycles. The van der Waals surface area contributed by atoms with Crippen LogP contribution in [0.15, 0.2) is 10.6 Å². The van der Waals surface area contributed by atoms with Gasteiger partial charge in [0.25, 0.3) is 0 Å². The topological polar surface area (TPSA) is 147 Å². The van der Waals surface area contributed by atoms with Crippen molar-refractivity contribution in [2.24, 2.45) is 5.92 Å². The number of carbonyl (C=O) groups excluding carboxylic acids is 1. The van der Waals surface area contributed by atoms with Crippen molar-refractivity contribution in [1.29, 1.82) is 5.26 Å². The molecule has 5 heterocycles. The van der Waals surface area contributed by atoms with Gasteiger partial charge in [-0.3, -0.25) is 4.90 Å². The van der Waals surface area contributed by atoms with Crippen LogP contribution in [0.4, 0.5) is 15.6 Å². The third kappa shape index (κ3) is 6.54.